The number of benzene rings is 1. The second-order valence-corrected chi connectivity index (χ2v) is 7.73. The summed E-state index contributed by atoms with van der Waals surface area (Å²) in [4.78, 5) is 39.7. The van der Waals surface area contributed by atoms with Gasteiger partial charge in [0, 0.05) is 12.6 Å². The van der Waals surface area contributed by atoms with Crippen molar-refractivity contribution in [2.45, 2.75) is 76.2 Å². The number of amides is 3. The molecule has 0 spiro atoms. The van der Waals surface area contributed by atoms with E-state index in [0.29, 0.717) is 25.8 Å². The number of piperidine rings is 1. The minimum atomic E-state index is -0.598. The minimum absolute atomic E-state index is 0. The summed E-state index contributed by atoms with van der Waals surface area (Å²) in [6, 6.07) is 8.12. The quantitative estimate of drug-likeness (QED) is 0.619. The summed E-state index contributed by atoms with van der Waals surface area (Å²) in [6.07, 6.45) is 4.28. The van der Waals surface area contributed by atoms with E-state index in [-0.39, 0.29) is 36.2 Å². The third-order valence-corrected chi connectivity index (χ3v) is 5.71. The van der Waals surface area contributed by atoms with Gasteiger partial charge in [0.05, 0.1) is 6.04 Å². The van der Waals surface area contributed by atoms with Crippen molar-refractivity contribution in [1.29, 1.82) is 0 Å². The summed E-state index contributed by atoms with van der Waals surface area (Å²) in [7, 11) is 0. The second kappa shape index (κ2) is 10.6. The van der Waals surface area contributed by atoms with Crippen molar-refractivity contribution in [2.75, 3.05) is 0 Å². The summed E-state index contributed by atoms with van der Waals surface area (Å²) >= 11 is 0. The van der Waals surface area contributed by atoms with Crippen molar-refractivity contribution in [1.82, 2.24) is 15.5 Å². The molecule has 1 unspecified atom stereocenters. The Labute approximate surface area is 178 Å². The molecule has 0 saturated carbocycles. The number of nitrogens with two attached hydrogens (primary N) is 1. The van der Waals surface area contributed by atoms with Gasteiger partial charge in [0.15, 0.2) is 0 Å². The molecule has 4 N–H and O–H groups in total. The molecule has 2 saturated heterocycles. The lowest BCUT2D eigenvalue weighted by atomic mass is 9.97. The summed E-state index contributed by atoms with van der Waals surface area (Å²) in [5, 5.41) is 5.74. The molecule has 0 aliphatic carbocycles. The van der Waals surface area contributed by atoms with E-state index in [4.69, 9.17) is 5.73 Å². The number of nitrogens with zero attached hydrogens (tertiary/aromatic N) is 1. The molecular formula is C21H31ClN4O3. The van der Waals surface area contributed by atoms with E-state index in [2.05, 4.69) is 10.6 Å². The van der Waals surface area contributed by atoms with Crippen LogP contribution in [0, 0.1) is 0 Å². The fourth-order valence-corrected chi connectivity index (χ4v) is 4.18. The van der Waals surface area contributed by atoms with Crippen molar-refractivity contribution in [3.63, 3.8) is 0 Å². The number of hydrogen-bond acceptors (Lipinski definition) is 4. The van der Waals surface area contributed by atoms with Gasteiger partial charge in [0.25, 0.3) is 0 Å². The van der Waals surface area contributed by atoms with Crippen LogP contribution in [0.4, 0.5) is 0 Å². The zero-order valence-electron chi connectivity index (χ0n) is 16.8. The predicted molar refractivity (Wildman–Crippen MR) is 113 cm³/mol. The first kappa shape index (κ1) is 23.2. The number of carbonyl (C=O) groups excluding carboxylic acids is 3. The lowest BCUT2D eigenvalue weighted by Crippen LogP contribution is -2.60. The number of halogens is 1. The molecule has 1 aromatic rings. The maximum absolute atomic E-state index is 13.0. The monoisotopic (exact) mass is 422 g/mol. The third-order valence-electron chi connectivity index (χ3n) is 5.71. The Bertz CT molecular complexity index is 715. The highest BCUT2D eigenvalue weighted by Gasteiger charge is 2.46. The molecule has 0 aromatic heterocycles. The molecule has 2 heterocycles. The Hall–Kier alpha value is -2.12. The first-order valence-electron chi connectivity index (χ1n) is 10.2. The van der Waals surface area contributed by atoms with Crippen LogP contribution >= 0.6 is 12.4 Å². The zero-order valence-corrected chi connectivity index (χ0v) is 17.6. The molecule has 2 fully saturated rings. The normalized spacial score (nSPS) is 24.3. The number of rotatable bonds is 7. The molecule has 1 aromatic carbocycles. The Kier molecular flexibility index (Phi) is 8.46. The van der Waals surface area contributed by atoms with Crippen molar-refractivity contribution in [2.24, 2.45) is 5.73 Å². The second-order valence-electron chi connectivity index (χ2n) is 7.73. The molecule has 8 heteroatoms. The highest BCUT2D eigenvalue weighted by atomic mass is 35.5. The van der Waals surface area contributed by atoms with Gasteiger partial charge in [-0.1, -0.05) is 43.7 Å². The molecule has 0 bridgehead atoms. The van der Waals surface area contributed by atoms with Crippen molar-refractivity contribution in [3.8, 4) is 0 Å². The van der Waals surface area contributed by atoms with Gasteiger partial charge >= 0.3 is 0 Å². The van der Waals surface area contributed by atoms with E-state index in [9.17, 15) is 14.4 Å². The Morgan fingerprint density at radius 3 is 2.55 bits per heavy atom. The van der Waals surface area contributed by atoms with Crippen LogP contribution in [-0.2, 0) is 20.9 Å². The maximum Gasteiger partial charge on any atom is 0.246 e. The molecule has 2 aliphatic rings. The first-order chi connectivity index (χ1) is 13.5. The van der Waals surface area contributed by atoms with E-state index in [1.165, 1.54) is 0 Å². The lowest BCUT2D eigenvalue weighted by molar-refractivity contribution is -0.146. The summed E-state index contributed by atoms with van der Waals surface area (Å²) in [5.74, 6) is -0.581. The SMILES string of the molecule is CCC[C@H](N)C(=O)NC1CC[C@H]2CC[C@@H](C(=O)NCc3ccccc3)N2C1=O.Cl. The number of nitrogens with one attached hydrogen (secondary N) is 2. The largest absolute Gasteiger partial charge is 0.350 e. The van der Waals surface area contributed by atoms with Crippen LogP contribution in [0.3, 0.4) is 0 Å². The fraction of sp³-hybridized carbons (Fsp3) is 0.571. The van der Waals surface area contributed by atoms with Crippen LogP contribution in [-0.4, -0.2) is 46.8 Å². The van der Waals surface area contributed by atoms with Gasteiger partial charge in [-0.3, -0.25) is 14.4 Å². The topological polar surface area (TPSA) is 105 Å². The van der Waals surface area contributed by atoms with E-state index in [1.54, 1.807) is 4.90 Å². The zero-order chi connectivity index (χ0) is 20.1. The van der Waals surface area contributed by atoms with E-state index < -0.39 is 18.1 Å². The van der Waals surface area contributed by atoms with Crippen LogP contribution in [0.15, 0.2) is 30.3 Å². The highest BCUT2D eigenvalue weighted by Crippen LogP contribution is 2.32. The Morgan fingerprint density at radius 2 is 1.86 bits per heavy atom. The van der Waals surface area contributed by atoms with Crippen molar-refractivity contribution in [3.05, 3.63) is 35.9 Å². The molecule has 160 valence electrons. The molecule has 2 aliphatic heterocycles. The van der Waals surface area contributed by atoms with Gasteiger partial charge in [-0.2, -0.15) is 0 Å². The first-order valence-corrected chi connectivity index (χ1v) is 10.2. The van der Waals surface area contributed by atoms with Crippen molar-refractivity contribution >= 4 is 30.1 Å². The van der Waals surface area contributed by atoms with Crippen LogP contribution in [0.25, 0.3) is 0 Å². The van der Waals surface area contributed by atoms with E-state index in [1.807, 2.05) is 37.3 Å². The smallest absolute Gasteiger partial charge is 0.246 e. The third kappa shape index (κ3) is 5.48. The van der Waals surface area contributed by atoms with Gasteiger partial charge in [-0.05, 0) is 37.7 Å². The Balaban J connectivity index is 0.00000300. The fourth-order valence-electron chi connectivity index (χ4n) is 4.18. The molecule has 3 amide bonds. The van der Waals surface area contributed by atoms with Crippen LogP contribution in [0.1, 0.15) is 51.0 Å². The molecule has 7 nitrogen and oxygen atoms in total. The van der Waals surface area contributed by atoms with E-state index in [0.717, 1.165) is 24.8 Å². The summed E-state index contributed by atoms with van der Waals surface area (Å²) < 4.78 is 0. The molecule has 0 radical (unpaired) electrons. The van der Waals surface area contributed by atoms with Gasteiger partial charge < -0.3 is 21.3 Å². The minimum Gasteiger partial charge on any atom is -0.350 e. The van der Waals surface area contributed by atoms with Gasteiger partial charge in [-0.15, -0.1) is 12.4 Å². The molecule has 3 rings (SSSR count). The van der Waals surface area contributed by atoms with Crippen LogP contribution in [0.2, 0.25) is 0 Å². The average Bonchev–Trinajstić information content (AvgIpc) is 3.14. The number of hydrogen-bond donors (Lipinski definition) is 3. The maximum atomic E-state index is 13.0. The van der Waals surface area contributed by atoms with Crippen molar-refractivity contribution < 1.29 is 14.4 Å². The van der Waals surface area contributed by atoms with Crippen LogP contribution in [0.5, 0.6) is 0 Å². The molecule has 4 atom stereocenters. The lowest BCUT2D eigenvalue weighted by Gasteiger charge is -2.38. The predicted octanol–water partition coefficient (Wildman–Crippen LogP) is 1.49. The highest BCUT2D eigenvalue weighted by molar-refractivity contribution is 5.94. The molecule has 29 heavy (non-hydrogen) atoms. The van der Waals surface area contributed by atoms with E-state index >= 15 is 0 Å². The number of carbonyl (C=O) groups is 3. The number of fused-ring (bicyclic) bond motifs is 1. The standard InChI is InChI=1S/C21H30N4O3.ClH/c1-2-6-16(22)19(26)24-17-11-9-15-10-12-18(25(15)21(17)28)20(27)23-13-14-7-4-3-5-8-14;/h3-5,7-8,15-18H,2,6,9-13,22H2,1H3,(H,23,27)(H,24,26);1H/t15-,16-,17?,18-;/m0./s1. The molecular weight excluding hydrogens is 392 g/mol. The van der Waals surface area contributed by atoms with Gasteiger partial charge in [0.1, 0.15) is 12.1 Å². The summed E-state index contributed by atoms with van der Waals surface area (Å²) in [6.45, 7) is 2.40. The Morgan fingerprint density at radius 1 is 1.17 bits per heavy atom. The van der Waals surface area contributed by atoms with Gasteiger partial charge in [-0.25, -0.2) is 0 Å². The summed E-state index contributed by atoms with van der Waals surface area (Å²) in [5.41, 5.74) is 6.89. The van der Waals surface area contributed by atoms with Gasteiger partial charge in [0.2, 0.25) is 17.7 Å². The van der Waals surface area contributed by atoms with Crippen LogP contribution < -0.4 is 16.4 Å². The average molecular weight is 423 g/mol.